The van der Waals surface area contributed by atoms with Crippen LogP contribution in [0, 0.1) is 5.82 Å². The summed E-state index contributed by atoms with van der Waals surface area (Å²) in [6.45, 7) is 4.97. The molecule has 0 spiro atoms. The molecule has 154 valence electrons. The Hall–Kier alpha value is -2.67. The van der Waals surface area contributed by atoms with Gasteiger partial charge in [0.2, 0.25) is 0 Å². The summed E-state index contributed by atoms with van der Waals surface area (Å²) >= 11 is 0. The summed E-state index contributed by atoms with van der Waals surface area (Å²) in [6, 6.07) is 11.8. The average Bonchev–Trinajstić information content (AvgIpc) is 2.74. The zero-order valence-corrected chi connectivity index (χ0v) is 16.8. The van der Waals surface area contributed by atoms with Crippen molar-refractivity contribution in [2.24, 2.45) is 0 Å². The van der Waals surface area contributed by atoms with Crippen LogP contribution in [0.5, 0.6) is 5.75 Å². The molecule has 29 heavy (non-hydrogen) atoms. The van der Waals surface area contributed by atoms with Gasteiger partial charge in [-0.15, -0.1) is 0 Å². The summed E-state index contributed by atoms with van der Waals surface area (Å²) in [5.74, 6) is 0.956. The van der Waals surface area contributed by atoms with E-state index in [0.29, 0.717) is 24.5 Å². The van der Waals surface area contributed by atoms with E-state index in [2.05, 4.69) is 21.8 Å². The molecular weight excluding hydrogens is 371 g/mol. The van der Waals surface area contributed by atoms with E-state index in [-0.39, 0.29) is 17.8 Å². The molecule has 7 heteroatoms. The van der Waals surface area contributed by atoms with Gasteiger partial charge < -0.3 is 19.4 Å². The molecule has 0 radical (unpaired) electrons. The van der Waals surface area contributed by atoms with Crippen molar-refractivity contribution in [1.82, 2.24) is 14.8 Å². The Morgan fingerprint density at radius 1 is 1.10 bits per heavy atom. The number of carbonyl (C=O) groups excluding carboxylic acids is 1. The lowest BCUT2D eigenvalue weighted by molar-refractivity contribution is 0.0532. The molecule has 1 unspecified atom stereocenters. The highest BCUT2D eigenvalue weighted by Crippen LogP contribution is 2.21. The number of hydrogen-bond acceptors (Lipinski definition) is 5. The van der Waals surface area contributed by atoms with Gasteiger partial charge in [-0.2, -0.15) is 0 Å². The maximum Gasteiger partial charge on any atom is 0.272 e. The van der Waals surface area contributed by atoms with Gasteiger partial charge >= 0.3 is 0 Å². The number of halogens is 1. The van der Waals surface area contributed by atoms with Gasteiger partial charge in [-0.3, -0.25) is 4.79 Å². The largest absolute Gasteiger partial charge is 0.488 e. The number of hydrogen-bond donors (Lipinski definition) is 0. The van der Waals surface area contributed by atoms with Gasteiger partial charge in [0.15, 0.2) is 0 Å². The van der Waals surface area contributed by atoms with Gasteiger partial charge in [-0.25, -0.2) is 9.37 Å². The summed E-state index contributed by atoms with van der Waals surface area (Å²) in [4.78, 5) is 24.0. The quantitative estimate of drug-likeness (QED) is 0.793. The summed E-state index contributed by atoms with van der Waals surface area (Å²) in [5.41, 5.74) is 0.466. The second-order valence-electron chi connectivity index (χ2n) is 7.76. The van der Waals surface area contributed by atoms with Gasteiger partial charge in [0.1, 0.15) is 29.2 Å². The van der Waals surface area contributed by atoms with Crippen molar-refractivity contribution in [1.29, 1.82) is 0 Å². The van der Waals surface area contributed by atoms with E-state index in [1.807, 2.05) is 12.1 Å². The number of pyridine rings is 1. The van der Waals surface area contributed by atoms with Gasteiger partial charge in [0, 0.05) is 38.8 Å². The average molecular weight is 398 g/mol. The molecule has 6 nitrogen and oxygen atoms in total. The maximum atomic E-state index is 13.4. The topological polar surface area (TPSA) is 48.9 Å². The lowest BCUT2D eigenvalue weighted by Gasteiger charge is -2.34. The van der Waals surface area contributed by atoms with Crippen LogP contribution in [0.4, 0.5) is 10.2 Å². The Bertz CT molecular complexity index is 854. The molecule has 0 saturated carbocycles. The van der Waals surface area contributed by atoms with E-state index in [0.717, 1.165) is 44.8 Å². The number of nitrogens with zero attached hydrogens (tertiary/aromatic N) is 4. The molecule has 1 atom stereocenters. The molecule has 0 aliphatic carbocycles. The first-order valence-corrected chi connectivity index (χ1v) is 10.2. The van der Waals surface area contributed by atoms with Crippen molar-refractivity contribution in [3.8, 4) is 5.75 Å². The second-order valence-corrected chi connectivity index (χ2v) is 7.76. The minimum atomic E-state index is -0.323. The van der Waals surface area contributed by atoms with Crippen LogP contribution in [0.2, 0.25) is 0 Å². The number of anilines is 1. The van der Waals surface area contributed by atoms with E-state index >= 15 is 0 Å². The predicted molar refractivity (Wildman–Crippen MR) is 110 cm³/mol. The number of piperidine rings is 1. The van der Waals surface area contributed by atoms with Gasteiger partial charge in [-0.05, 0) is 44.2 Å². The lowest BCUT2D eigenvalue weighted by Crippen LogP contribution is -2.46. The first kappa shape index (κ1) is 19.6. The third-order valence-corrected chi connectivity index (χ3v) is 5.54. The molecule has 1 amide bonds. The van der Waals surface area contributed by atoms with E-state index in [9.17, 15) is 9.18 Å². The van der Waals surface area contributed by atoms with Crippen LogP contribution < -0.4 is 9.64 Å². The first-order valence-electron chi connectivity index (χ1n) is 10.2. The van der Waals surface area contributed by atoms with Crippen LogP contribution in [0.3, 0.4) is 0 Å². The number of likely N-dealkylation sites (tertiary alicyclic amines) is 1. The minimum absolute atomic E-state index is 0.0754. The normalized spacial score (nSPS) is 20.6. The number of piperazine rings is 1. The van der Waals surface area contributed by atoms with Crippen molar-refractivity contribution >= 4 is 11.7 Å². The van der Waals surface area contributed by atoms with Crippen molar-refractivity contribution in [2.75, 3.05) is 51.2 Å². The fourth-order valence-electron chi connectivity index (χ4n) is 3.87. The van der Waals surface area contributed by atoms with Crippen molar-refractivity contribution in [2.45, 2.75) is 18.9 Å². The van der Waals surface area contributed by atoms with Gasteiger partial charge in [0.05, 0.1) is 6.54 Å². The van der Waals surface area contributed by atoms with Crippen LogP contribution in [0.25, 0.3) is 0 Å². The number of likely N-dealkylation sites (N-methyl/N-ethyl adjacent to an activating group) is 1. The second kappa shape index (κ2) is 8.78. The molecule has 2 aromatic rings. The summed E-state index contributed by atoms with van der Waals surface area (Å²) < 4.78 is 19.3. The SMILES string of the molecule is CN1CCN(c2cccc(C(=O)N3CCCC(Oc4cccc(F)c4)C3)n2)CC1. The molecule has 0 N–H and O–H groups in total. The number of carbonyl (C=O) groups is 1. The molecule has 4 rings (SSSR count). The third kappa shape index (κ3) is 4.85. The van der Waals surface area contributed by atoms with Crippen LogP contribution in [-0.4, -0.2) is 73.1 Å². The summed E-state index contributed by atoms with van der Waals surface area (Å²) in [6.07, 6.45) is 1.55. The number of rotatable bonds is 4. The monoisotopic (exact) mass is 398 g/mol. The fourth-order valence-corrected chi connectivity index (χ4v) is 3.87. The van der Waals surface area contributed by atoms with E-state index in [1.165, 1.54) is 12.1 Å². The molecule has 0 bridgehead atoms. The highest BCUT2D eigenvalue weighted by molar-refractivity contribution is 5.92. The summed E-state index contributed by atoms with van der Waals surface area (Å²) in [5, 5.41) is 0. The van der Waals surface area contributed by atoms with Crippen LogP contribution >= 0.6 is 0 Å². The number of benzene rings is 1. The third-order valence-electron chi connectivity index (χ3n) is 5.54. The number of ether oxygens (including phenoxy) is 1. The molecule has 1 aromatic heterocycles. The maximum absolute atomic E-state index is 13.4. The highest BCUT2D eigenvalue weighted by atomic mass is 19.1. The van der Waals surface area contributed by atoms with Crippen molar-refractivity contribution in [3.05, 3.63) is 54.0 Å². The van der Waals surface area contributed by atoms with Crippen LogP contribution in [0.15, 0.2) is 42.5 Å². The molecule has 2 saturated heterocycles. The molecule has 2 fully saturated rings. The molecule has 1 aromatic carbocycles. The van der Waals surface area contributed by atoms with Crippen LogP contribution in [-0.2, 0) is 0 Å². The number of aromatic nitrogens is 1. The smallest absolute Gasteiger partial charge is 0.272 e. The Kier molecular flexibility index (Phi) is 5.94. The minimum Gasteiger partial charge on any atom is -0.488 e. The van der Waals surface area contributed by atoms with Crippen LogP contribution in [0.1, 0.15) is 23.3 Å². The fraction of sp³-hybridized carbons (Fsp3) is 0.455. The first-order chi connectivity index (χ1) is 14.1. The highest BCUT2D eigenvalue weighted by Gasteiger charge is 2.27. The predicted octanol–water partition coefficient (Wildman–Crippen LogP) is 2.66. The Labute approximate surface area is 170 Å². The van der Waals surface area contributed by atoms with Crippen molar-refractivity contribution in [3.63, 3.8) is 0 Å². The Morgan fingerprint density at radius 3 is 2.69 bits per heavy atom. The number of amides is 1. The summed E-state index contributed by atoms with van der Waals surface area (Å²) in [7, 11) is 2.11. The van der Waals surface area contributed by atoms with E-state index in [1.54, 1.807) is 23.1 Å². The molecule has 2 aliphatic heterocycles. The zero-order valence-electron chi connectivity index (χ0n) is 16.8. The van der Waals surface area contributed by atoms with Gasteiger partial charge in [-0.1, -0.05) is 12.1 Å². The Balaban J connectivity index is 1.41. The molecular formula is C22H27FN4O2. The zero-order chi connectivity index (χ0) is 20.2. The van der Waals surface area contributed by atoms with Crippen molar-refractivity contribution < 1.29 is 13.9 Å². The lowest BCUT2D eigenvalue weighted by atomic mass is 10.1. The molecule has 3 heterocycles. The van der Waals surface area contributed by atoms with Gasteiger partial charge in [0.25, 0.3) is 5.91 Å². The standard InChI is InChI=1S/C22H27FN4O2/c1-25-11-13-26(14-12-25)21-9-3-8-20(24-21)22(28)27-10-4-7-19(16-27)29-18-6-2-5-17(23)15-18/h2-3,5-6,8-9,15,19H,4,7,10-14,16H2,1H3. The van der Waals surface area contributed by atoms with E-state index in [4.69, 9.17) is 4.74 Å². The van der Waals surface area contributed by atoms with E-state index < -0.39 is 0 Å². The Morgan fingerprint density at radius 2 is 1.90 bits per heavy atom. The molecule has 2 aliphatic rings.